The summed E-state index contributed by atoms with van der Waals surface area (Å²) in [6.45, 7) is 1.49. The molecule has 0 unspecified atom stereocenters. The molecule has 0 aliphatic carbocycles. The lowest BCUT2D eigenvalue weighted by Gasteiger charge is -2.32. The van der Waals surface area contributed by atoms with Gasteiger partial charge in [-0.15, -0.1) is 0 Å². The van der Waals surface area contributed by atoms with Gasteiger partial charge >= 0.3 is 17.9 Å². The number of carboxylic acid groups (broad SMARTS) is 3. The van der Waals surface area contributed by atoms with Gasteiger partial charge in [-0.25, -0.2) is 4.79 Å². The molecule has 0 spiro atoms. The van der Waals surface area contributed by atoms with Crippen molar-refractivity contribution in [2.75, 3.05) is 25.1 Å². The molecule has 2 aliphatic heterocycles. The largest absolute Gasteiger partial charge is 0.481 e. The molecule has 18 nitrogen and oxygen atoms in total. The third-order valence-electron chi connectivity index (χ3n) is 7.94. The summed E-state index contributed by atoms with van der Waals surface area (Å²) in [6.07, 6.45) is 0.0549. The Hall–Kier alpha value is -3.97. The number of hydrogen-bond acceptors (Lipinski definition) is 11. The summed E-state index contributed by atoms with van der Waals surface area (Å²) in [6, 6.07) is -7.90. The maximum Gasteiger partial charge on any atom is 0.326 e. The molecule has 0 bridgehead atoms. The highest BCUT2D eigenvalue weighted by atomic mass is 32.2. The molecular formula is C28H44N6O12S. The minimum atomic E-state index is -1.64. The molecule has 2 heterocycles. The molecule has 0 aromatic heterocycles. The molecule has 264 valence electrons. The standard InChI is InChI=1S/C28H44N6O12S/c1-14(35)22(32-24(41)16(7-8-20(36)37)30-23(40)15(29)13-21(38)39)27(44)33-10-3-5-18(33)25(42)31-17(9-12-47-2)26(43)34-11-4-6-19(34)28(45)46/h14-19,22,35H,3-13,29H2,1-2H3,(H,30,40)(H,31,42)(H,32,41)(H,36,37)(H,38,39)(H,45,46)/t14-,15+,16+,17+,18+,19+,22+/m1/s1. The van der Waals surface area contributed by atoms with Crippen molar-refractivity contribution in [3.05, 3.63) is 0 Å². The van der Waals surface area contributed by atoms with Gasteiger partial charge in [-0.05, 0) is 57.5 Å². The first-order valence-corrected chi connectivity index (χ1v) is 16.6. The normalized spacial score (nSPS) is 20.8. The van der Waals surface area contributed by atoms with Gasteiger partial charge in [-0.1, -0.05) is 0 Å². The third-order valence-corrected chi connectivity index (χ3v) is 8.59. The number of nitrogens with zero attached hydrogens (tertiary/aromatic N) is 2. The van der Waals surface area contributed by atoms with Crippen LogP contribution in [0.15, 0.2) is 0 Å². The Morgan fingerprint density at radius 3 is 1.94 bits per heavy atom. The van der Waals surface area contributed by atoms with Crippen LogP contribution in [0.3, 0.4) is 0 Å². The maximum atomic E-state index is 13.7. The van der Waals surface area contributed by atoms with Crippen LogP contribution in [-0.2, 0) is 38.4 Å². The first-order chi connectivity index (χ1) is 22.1. The second-order valence-electron chi connectivity index (χ2n) is 11.5. The van der Waals surface area contributed by atoms with E-state index < -0.39 is 109 Å². The number of rotatable bonds is 18. The number of aliphatic carboxylic acids is 3. The molecular weight excluding hydrogens is 644 g/mol. The number of nitrogens with two attached hydrogens (primary N) is 1. The summed E-state index contributed by atoms with van der Waals surface area (Å²) in [5.41, 5.74) is 5.55. The van der Waals surface area contributed by atoms with Crippen LogP contribution < -0.4 is 21.7 Å². The lowest BCUT2D eigenvalue weighted by Crippen LogP contribution is -2.61. The third kappa shape index (κ3) is 11.4. The quantitative estimate of drug-likeness (QED) is 0.0728. The summed E-state index contributed by atoms with van der Waals surface area (Å²) in [5, 5.41) is 45.2. The fourth-order valence-electron chi connectivity index (χ4n) is 5.47. The average Bonchev–Trinajstić information content (AvgIpc) is 3.69. The molecule has 2 rings (SSSR count). The number of amides is 5. The number of aliphatic hydroxyl groups is 1. The summed E-state index contributed by atoms with van der Waals surface area (Å²) >= 11 is 1.43. The highest BCUT2D eigenvalue weighted by Crippen LogP contribution is 2.22. The molecule has 9 N–H and O–H groups in total. The molecule has 2 saturated heterocycles. The fourth-order valence-corrected chi connectivity index (χ4v) is 5.94. The van der Waals surface area contributed by atoms with Crippen LogP contribution in [0.5, 0.6) is 0 Å². The Morgan fingerprint density at radius 1 is 0.809 bits per heavy atom. The van der Waals surface area contributed by atoms with Crippen molar-refractivity contribution < 1.29 is 58.8 Å². The van der Waals surface area contributed by atoms with E-state index in [-0.39, 0.29) is 32.4 Å². The zero-order valence-corrected chi connectivity index (χ0v) is 27.1. The van der Waals surface area contributed by atoms with Gasteiger partial charge in [-0.3, -0.25) is 33.6 Å². The first kappa shape index (κ1) is 39.2. The highest BCUT2D eigenvalue weighted by molar-refractivity contribution is 7.98. The molecule has 19 heteroatoms. The number of aliphatic hydroxyl groups excluding tert-OH is 1. The van der Waals surface area contributed by atoms with Gasteiger partial charge in [0, 0.05) is 19.5 Å². The van der Waals surface area contributed by atoms with E-state index in [2.05, 4.69) is 16.0 Å². The van der Waals surface area contributed by atoms with Crippen LogP contribution in [0.1, 0.15) is 58.3 Å². The van der Waals surface area contributed by atoms with E-state index >= 15 is 0 Å². The Kier molecular flexibility index (Phi) is 15.3. The summed E-state index contributed by atoms with van der Waals surface area (Å²) in [4.78, 5) is 102. The van der Waals surface area contributed by atoms with Crippen molar-refractivity contribution >= 4 is 59.2 Å². The van der Waals surface area contributed by atoms with Crippen LogP contribution in [0.4, 0.5) is 0 Å². The van der Waals surface area contributed by atoms with E-state index in [1.807, 2.05) is 6.26 Å². The van der Waals surface area contributed by atoms with Crippen LogP contribution in [-0.4, -0.2) is 145 Å². The zero-order valence-electron chi connectivity index (χ0n) is 26.3. The number of nitrogens with one attached hydrogen (secondary N) is 3. The first-order valence-electron chi connectivity index (χ1n) is 15.2. The Morgan fingerprint density at radius 2 is 1.40 bits per heavy atom. The Balaban J connectivity index is 2.21. The summed E-state index contributed by atoms with van der Waals surface area (Å²) in [5.74, 6) is -7.53. The molecule has 0 aromatic carbocycles. The summed E-state index contributed by atoms with van der Waals surface area (Å²) in [7, 11) is 0. The highest BCUT2D eigenvalue weighted by Gasteiger charge is 2.42. The monoisotopic (exact) mass is 688 g/mol. The second kappa shape index (κ2) is 18.4. The zero-order chi connectivity index (χ0) is 35.4. The molecule has 0 saturated carbocycles. The van der Waals surface area contributed by atoms with Gasteiger partial charge in [0.15, 0.2) is 0 Å². The van der Waals surface area contributed by atoms with E-state index in [0.29, 0.717) is 18.6 Å². The summed E-state index contributed by atoms with van der Waals surface area (Å²) < 4.78 is 0. The predicted octanol–water partition coefficient (Wildman–Crippen LogP) is -2.69. The van der Waals surface area contributed by atoms with Gasteiger partial charge in [0.2, 0.25) is 29.5 Å². The van der Waals surface area contributed by atoms with Gasteiger partial charge in [0.05, 0.1) is 18.6 Å². The van der Waals surface area contributed by atoms with E-state index in [1.54, 1.807) is 0 Å². The van der Waals surface area contributed by atoms with Gasteiger partial charge in [0.25, 0.3) is 0 Å². The van der Waals surface area contributed by atoms with E-state index in [9.17, 15) is 48.6 Å². The Labute approximate surface area is 275 Å². The average molecular weight is 689 g/mol. The number of carbonyl (C=O) groups is 8. The van der Waals surface area contributed by atoms with Crippen molar-refractivity contribution in [3.63, 3.8) is 0 Å². The second-order valence-corrected chi connectivity index (χ2v) is 12.5. The van der Waals surface area contributed by atoms with Crippen LogP contribution in [0.2, 0.25) is 0 Å². The topological polar surface area (TPSA) is 286 Å². The van der Waals surface area contributed by atoms with E-state index in [0.717, 1.165) is 4.90 Å². The van der Waals surface area contributed by atoms with E-state index in [1.165, 1.54) is 23.6 Å². The van der Waals surface area contributed by atoms with Gasteiger partial charge in [0.1, 0.15) is 30.2 Å². The van der Waals surface area contributed by atoms with Gasteiger partial charge < -0.3 is 51.9 Å². The number of thioether (sulfide) groups is 1. The number of carboxylic acids is 3. The fraction of sp³-hybridized carbons (Fsp3) is 0.714. The van der Waals surface area contributed by atoms with Gasteiger partial charge in [-0.2, -0.15) is 11.8 Å². The lowest BCUT2D eigenvalue weighted by molar-refractivity contribution is -0.150. The van der Waals surface area contributed by atoms with Crippen molar-refractivity contribution in [1.29, 1.82) is 0 Å². The maximum absolute atomic E-state index is 13.7. The lowest BCUT2D eigenvalue weighted by atomic mass is 10.1. The number of hydrogen-bond donors (Lipinski definition) is 8. The smallest absolute Gasteiger partial charge is 0.326 e. The molecule has 0 aromatic rings. The van der Waals surface area contributed by atoms with Crippen LogP contribution >= 0.6 is 11.8 Å². The molecule has 47 heavy (non-hydrogen) atoms. The van der Waals surface area contributed by atoms with Crippen molar-refractivity contribution in [1.82, 2.24) is 25.8 Å². The van der Waals surface area contributed by atoms with Crippen LogP contribution in [0, 0.1) is 0 Å². The minimum Gasteiger partial charge on any atom is -0.481 e. The molecule has 2 aliphatic rings. The molecule has 0 radical (unpaired) electrons. The van der Waals surface area contributed by atoms with Crippen molar-refractivity contribution in [2.24, 2.45) is 5.73 Å². The predicted molar refractivity (Wildman–Crippen MR) is 165 cm³/mol. The molecule has 2 fully saturated rings. The molecule has 5 amide bonds. The number of carbonyl (C=O) groups excluding carboxylic acids is 5. The van der Waals surface area contributed by atoms with Crippen LogP contribution in [0.25, 0.3) is 0 Å². The molecule has 7 atom stereocenters. The van der Waals surface area contributed by atoms with Crippen molar-refractivity contribution in [2.45, 2.75) is 101 Å². The SMILES string of the molecule is CSCC[C@H](NC(=O)[C@@H]1CCCN1C(=O)[C@@H](NC(=O)[C@H](CCC(=O)O)NC(=O)[C@@H](N)CC(=O)O)[C@@H](C)O)C(=O)N1CCC[C@H]1C(=O)O. The number of likely N-dealkylation sites (tertiary alicyclic amines) is 2. The minimum absolute atomic E-state index is 0.0653. The van der Waals surface area contributed by atoms with E-state index in [4.69, 9.17) is 15.9 Å². The van der Waals surface area contributed by atoms with Crippen molar-refractivity contribution in [3.8, 4) is 0 Å². The Bertz CT molecular complexity index is 1200.